The van der Waals surface area contributed by atoms with Gasteiger partial charge in [0, 0.05) is 5.97 Å². The average molecular weight is 203 g/mol. The second-order valence-electron chi connectivity index (χ2n) is 4.49. The molecule has 0 N–H and O–H groups in total. The van der Waals surface area contributed by atoms with Gasteiger partial charge in [0.2, 0.25) is 0 Å². The molecule has 14 heavy (non-hydrogen) atoms. The number of carboxylic acid groups (broad SMARTS) is 1. The first-order chi connectivity index (χ1) is 6.33. The first-order valence-electron chi connectivity index (χ1n) is 5.33. The Labute approximate surface area is 88.3 Å². The van der Waals surface area contributed by atoms with Crippen molar-refractivity contribution in [1.29, 1.82) is 0 Å². The third kappa shape index (κ3) is 22.5. The molecule has 0 fully saturated rings. The van der Waals surface area contributed by atoms with E-state index in [9.17, 15) is 9.90 Å². The van der Waals surface area contributed by atoms with Crippen molar-refractivity contribution < 1.29 is 14.4 Å². The minimum absolute atomic E-state index is 0.181. The lowest BCUT2D eigenvalue weighted by Gasteiger charge is -2.23. The molecule has 0 bridgehead atoms. The van der Waals surface area contributed by atoms with Crippen LogP contribution >= 0.6 is 0 Å². The Morgan fingerprint density at radius 2 is 1.64 bits per heavy atom. The Bertz CT molecular complexity index is 139. The fourth-order valence-corrected chi connectivity index (χ4v) is 0.837. The summed E-state index contributed by atoms with van der Waals surface area (Å²) in [4.78, 5) is 9.49. The molecule has 86 valence electrons. The molecule has 0 aromatic carbocycles. The van der Waals surface area contributed by atoms with Crippen molar-refractivity contribution in [3.8, 4) is 0 Å². The summed E-state index contributed by atoms with van der Waals surface area (Å²) in [6, 6.07) is 0. The summed E-state index contributed by atoms with van der Waals surface area (Å²) < 4.78 is 1.10. The number of carboxylic acids is 1. The van der Waals surface area contributed by atoms with Crippen molar-refractivity contribution in [1.82, 2.24) is 0 Å². The van der Waals surface area contributed by atoms with Crippen LogP contribution in [-0.2, 0) is 4.79 Å². The lowest BCUT2D eigenvalue weighted by molar-refractivity contribution is -0.870. The van der Waals surface area contributed by atoms with Crippen LogP contribution in [0, 0.1) is 0 Å². The zero-order chi connectivity index (χ0) is 11.6. The summed E-state index contributed by atoms with van der Waals surface area (Å²) in [5, 5.41) is 9.49. The summed E-state index contributed by atoms with van der Waals surface area (Å²) in [6.07, 6.45) is 3.52. The fourth-order valence-electron chi connectivity index (χ4n) is 0.837. The van der Waals surface area contributed by atoms with Gasteiger partial charge >= 0.3 is 0 Å². The number of hydrogen-bond donors (Lipinski definition) is 0. The molecule has 0 heterocycles. The van der Waals surface area contributed by atoms with Gasteiger partial charge in [0.15, 0.2) is 0 Å². The van der Waals surface area contributed by atoms with Crippen LogP contribution in [0.1, 0.15) is 39.5 Å². The maximum Gasteiger partial charge on any atom is 0.0780 e. The summed E-state index contributed by atoms with van der Waals surface area (Å²) in [6.45, 7) is 5.34. The summed E-state index contributed by atoms with van der Waals surface area (Å²) in [5.41, 5.74) is 0. The van der Waals surface area contributed by atoms with E-state index in [-0.39, 0.29) is 6.42 Å². The molecule has 0 unspecified atom stereocenters. The summed E-state index contributed by atoms with van der Waals surface area (Å²) in [5.74, 6) is -0.961. The molecule has 0 radical (unpaired) electrons. The molecule has 0 rings (SSSR count). The van der Waals surface area contributed by atoms with Crippen LogP contribution < -0.4 is 5.11 Å². The topological polar surface area (TPSA) is 40.1 Å². The maximum absolute atomic E-state index is 9.49. The van der Waals surface area contributed by atoms with Gasteiger partial charge < -0.3 is 14.4 Å². The quantitative estimate of drug-likeness (QED) is 0.626. The molecule has 3 heteroatoms. The number of aliphatic carboxylic acids is 1. The van der Waals surface area contributed by atoms with Crippen molar-refractivity contribution in [3.05, 3.63) is 0 Å². The van der Waals surface area contributed by atoms with Crippen molar-refractivity contribution in [2.24, 2.45) is 0 Å². The van der Waals surface area contributed by atoms with Gasteiger partial charge in [0.1, 0.15) is 0 Å². The number of quaternary nitrogens is 1. The fraction of sp³-hybridized carbons (Fsp3) is 0.909. The Balaban J connectivity index is 0. The van der Waals surface area contributed by atoms with Crippen molar-refractivity contribution in [2.75, 3.05) is 27.7 Å². The van der Waals surface area contributed by atoms with Gasteiger partial charge in [0.05, 0.1) is 27.7 Å². The van der Waals surface area contributed by atoms with Crippen LogP contribution in [0.25, 0.3) is 0 Å². The van der Waals surface area contributed by atoms with Crippen molar-refractivity contribution in [3.63, 3.8) is 0 Å². The highest BCUT2D eigenvalue weighted by Crippen LogP contribution is 1.95. The molecule has 0 aliphatic heterocycles. The van der Waals surface area contributed by atoms with E-state index in [1.807, 2.05) is 0 Å². The minimum atomic E-state index is -0.961. The van der Waals surface area contributed by atoms with Crippen LogP contribution in [0.15, 0.2) is 0 Å². The minimum Gasteiger partial charge on any atom is -0.550 e. The van der Waals surface area contributed by atoms with Crippen molar-refractivity contribution >= 4 is 5.97 Å². The standard InChI is InChI=1S/C7H18N.C4H8O2/c1-5-6-7-8(2,3)4;1-2-3-4(5)6/h5-7H2,1-4H3;2-3H2,1H3,(H,5,6)/q+1;/p-1. The van der Waals surface area contributed by atoms with E-state index in [4.69, 9.17) is 0 Å². The molecule has 0 aromatic heterocycles. The number of unbranched alkanes of at least 4 members (excludes halogenated alkanes) is 1. The molecule has 3 nitrogen and oxygen atoms in total. The van der Waals surface area contributed by atoms with Gasteiger partial charge in [-0.25, -0.2) is 0 Å². The number of rotatable bonds is 5. The second kappa shape index (κ2) is 9.00. The maximum atomic E-state index is 9.49. The van der Waals surface area contributed by atoms with Gasteiger partial charge in [-0.3, -0.25) is 0 Å². The van der Waals surface area contributed by atoms with Crippen LogP contribution in [-0.4, -0.2) is 38.1 Å². The molecule has 0 atom stereocenters. The Morgan fingerprint density at radius 1 is 1.14 bits per heavy atom. The third-order valence-corrected chi connectivity index (χ3v) is 1.64. The van der Waals surface area contributed by atoms with Gasteiger partial charge in [0.25, 0.3) is 0 Å². The van der Waals surface area contributed by atoms with Crippen LogP contribution in [0.2, 0.25) is 0 Å². The molecular formula is C11H25NO2. The van der Waals surface area contributed by atoms with Crippen LogP contribution in [0.4, 0.5) is 0 Å². The number of carbonyl (C=O) groups excluding carboxylic acids is 1. The molecule has 0 amide bonds. The first kappa shape index (κ1) is 15.9. The molecule has 0 saturated carbocycles. The largest absolute Gasteiger partial charge is 0.550 e. The van der Waals surface area contributed by atoms with E-state index < -0.39 is 5.97 Å². The van der Waals surface area contributed by atoms with E-state index in [0.717, 1.165) is 4.48 Å². The zero-order valence-electron chi connectivity index (χ0n) is 10.3. The third-order valence-electron chi connectivity index (χ3n) is 1.64. The SMILES string of the molecule is CCCC(=O)[O-].CCCC[N+](C)(C)C. The van der Waals surface area contributed by atoms with Gasteiger partial charge in [-0.2, -0.15) is 0 Å². The Morgan fingerprint density at radius 3 is 1.71 bits per heavy atom. The molecule has 0 aliphatic carbocycles. The van der Waals surface area contributed by atoms with Gasteiger partial charge in [-0.15, -0.1) is 0 Å². The normalized spacial score (nSPS) is 10.4. The Kier molecular flexibility index (Phi) is 10.2. The van der Waals surface area contributed by atoms with E-state index in [1.54, 1.807) is 6.92 Å². The predicted octanol–water partition coefficient (Wildman–Crippen LogP) is 1.03. The highest BCUT2D eigenvalue weighted by atomic mass is 16.4. The van der Waals surface area contributed by atoms with Crippen molar-refractivity contribution in [2.45, 2.75) is 39.5 Å². The van der Waals surface area contributed by atoms with Crippen LogP contribution in [0.3, 0.4) is 0 Å². The highest BCUT2D eigenvalue weighted by molar-refractivity contribution is 5.63. The van der Waals surface area contributed by atoms with E-state index in [1.165, 1.54) is 19.4 Å². The molecule has 0 saturated heterocycles. The van der Waals surface area contributed by atoms with Crippen LogP contribution in [0.5, 0.6) is 0 Å². The zero-order valence-corrected chi connectivity index (χ0v) is 10.3. The van der Waals surface area contributed by atoms with E-state index in [2.05, 4.69) is 28.1 Å². The van der Waals surface area contributed by atoms with E-state index in [0.29, 0.717) is 6.42 Å². The summed E-state index contributed by atoms with van der Waals surface area (Å²) >= 11 is 0. The number of carbonyl (C=O) groups is 1. The molecule has 0 spiro atoms. The number of hydrogen-bond acceptors (Lipinski definition) is 2. The summed E-state index contributed by atoms with van der Waals surface area (Å²) in [7, 11) is 6.70. The van der Waals surface area contributed by atoms with E-state index >= 15 is 0 Å². The van der Waals surface area contributed by atoms with Gasteiger partial charge in [-0.1, -0.05) is 26.7 Å². The smallest absolute Gasteiger partial charge is 0.0780 e. The average Bonchev–Trinajstić information content (AvgIpc) is 2.00. The monoisotopic (exact) mass is 203 g/mol. The highest BCUT2D eigenvalue weighted by Gasteiger charge is 2.02. The Hall–Kier alpha value is -0.570. The van der Waals surface area contributed by atoms with Gasteiger partial charge in [-0.05, 0) is 12.8 Å². The molecular weight excluding hydrogens is 178 g/mol. The first-order valence-corrected chi connectivity index (χ1v) is 5.33. The second-order valence-corrected chi connectivity index (χ2v) is 4.49. The lowest BCUT2D eigenvalue weighted by atomic mass is 10.3. The molecule has 0 aliphatic rings. The molecule has 0 aromatic rings. The number of nitrogens with zero attached hydrogens (tertiary/aromatic N) is 1. The lowest BCUT2D eigenvalue weighted by Crippen LogP contribution is -2.35. The predicted molar refractivity (Wildman–Crippen MR) is 57.7 cm³/mol.